The lowest BCUT2D eigenvalue weighted by Crippen LogP contribution is -2.46. The summed E-state index contributed by atoms with van der Waals surface area (Å²) >= 11 is 1.98. The van der Waals surface area contributed by atoms with E-state index in [9.17, 15) is 9.59 Å². The van der Waals surface area contributed by atoms with Gasteiger partial charge in [0.1, 0.15) is 5.69 Å². The monoisotopic (exact) mass is 389 g/mol. The molecule has 0 radical (unpaired) electrons. The fourth-order valence-corrected chi connectivity index (χ4v) is 3.77. The Balaban J connectivity index is 2.34. The van der Waals surface area contributed by atoms with Crippen LogP contribution >= 0.6 is 22.6 Å². The van der Waals surface area contributed by atoms with Crippen LogP contribution in [0.1, 0.15) is 30.4 Å². The van der Waals surface area contributed by atoms with Crippen molar-refractivity contribution >= 4 is 28.4 Å². The van der Waals surface area contributed by atoms with Crippen LogP contribution in [0.3, 0.4) is 0 Å². The molecular formula is C14H16INO4. The first-order chi connectivity index (χ1) is 9.39. The van der Waals surface area contributed by atoms with Crippen molar-refractivity contribution in [2.45, 2.75) is 19.9 Å². The number of nitrogens with zero attached hydrogens (tertiary/aromatic N) is 1. The van der Waals surface area contributed by atoms with Gasteiger partial charge in [-0.15, -0.1) is 0 Å². The van der Waals surface area contributed by atoms with Gasteiger partial charge in [-0.2, -0.15) is 0 Å². The first kappa shape index (κ1) is 14.1. The van der Waals surface area contributed by atoms with Crippen LogP contribution in [0.5, 0.6) is 5.75 Å². The van der Waals surface area contributed by atoms with Gasteiger partial charge < -0.3 is 14.0 Å². The Morgan fingerprint density at radius 1 is 1.40 bits per heavy atom. The number of methoxy groups -OCH3 is 1. The lowest BCUT2D eigenvalue weighted by molar-refractivity contribution is 0.0607. The van der Waals surface area contributed by atoms with Crippen LogP contribution in [0.4, 0.5) is 0 Å². The molecule has 1 aromatic heterocycles. The highest BCUT2D eigenvalue weighted by atomic mass is 127. The molecule has 0 unspecified atom stereocenters. The number of ether oxygens (including phenoxy) is 2. The summed E-state index contributed by atoms with van der Waals surface area (Å²) in [7, 11) is 1.44. The highest BCUT2D eigenvalue weighted by Crippen LogP contribution is 2.47. The Bertz CT molecular complexity index is 649. The van der Waals surface area contributed by atoms with E-state index in [0.717, 1.165) is 0 Å². The molecule has 2 aliphatic heterocycles. The Labute approximate surface area is 130 Å². The first-order valence-corrected chi connectivity index (χ1v) is 7.58. The van der Waals surface area contributed by atoms with Crippen LogP contribution in [0.15, 0.2) is 11.0 Å². The molecule has 0 spiro atoms. The Kier molecular flexibility index (Phi) is 3.20. The molecule has 2 aliphatic rings. The molecule has 0 N–H and O–H groups in total. The average molecular weight is 389 g/mol. The fourth-order valence-electron chi connectivity index (χ4n) is 3.23. The van der Waals surface area contributed by atoms with Crippen molar-refractivity contribution in [3.63, 3.8) is 0 Å². The van der Waals surface area contributed by atoms with Crippen LogP contribution in [0.25, 0.3) is 0 Å². The maximum atomic E-state index is 12.8. The van der Waals surface area contributed by atoms with Crippen molar-refractivity contribution in [3.05, 3.63) is 25.7 Å². The van der Waals surface area contributed by atoms with E-state index in [1.165, 1.54) is 7.11 Å². The summed E-state index contributed by atoms with van der Waals surface area (Å²) in [6.45, 7) is 4.99. The van der Waals surface area contributed by atoms with Crippen LogP contribution in [-0.4, -0.2) is 30.7 Å². The third-order valence-corrected chi connectivity index (χ3v) is 5.26. The predicted octanol–water partition coefficient (Wildman–Crippen LogP) is 1.87. The van der Waals surface area contributed by atoms with Gasteiger partial charge in [0, 0.05) is 17.5 Å². The van der Waals surface area contributed by atoms with E-state index in [0.29, 0.717) is 22.5 Å². The maximum absolute atomic E-state index is 12.8. The van der Waals surface area contributed by atoms with Gasteiger partial charge in [0.05, 0.1) is 29.9 Å². The van der Waals surface area contributed by atoms with E-state index >= 15 is 0 Å². The third kappa shape index (κ3) is 1.70. The van der Waals surface area contributed by atoms with E-state index in [1.807, 2.05) is 41.0 Å². The molecule has 20 heavy (non-hydrogen) atoms. The van der Waals surface area contributed by atoms with Crippen molar-refractivity contribution in [2.75, 3.05) is 20.3 Å². The van der Waals surface area contributed by atoms with Crippen molar-refractivity contribution in [2.24, 2.45) is 11.3 Å². The van der Waals surface area contributed by atoms with E-state index in [4.69, 9.17) is 9.47 Å². The molecule has 0 amide bonds. The lowest BCUT2D eigenvalue weighted by Gasteiger charge is -2.40. The number of pyridine rings is 1. The van der Waals surface area contributed by atoms with Crippen molar-refractivity contribution in [3.8, 4) is 5.75 Å². The summed E-state index contributed by atoms with van der Waals surface area (Å²) in [5, 5.41) is 0. The summed E-state index contributed by atoms with van der Waals surface area (Å²) < 4.78 is 13.3. The van der Waals surface area contributed by atoms with Crippen LogP contribution in [-0.2, 0) is 4.74 Å². The second kappa shape index (κ2) is 4.56. The average Bonchev–Trinajstić information content (AvgIpc) is 2.89. The molecule has 3 rings (SSSR count). The molecule has 3 heterocycles. The molecule has 5 nitrogen and oxygen atoms in total. The van der Waals surface area contributed by atoms with E-state index in [2.05, 4.69) is 0 Å². The minimum atomic E-state index is -0.548. The van der Waals surface area contributed by atoms with Crippen molar-refractivity contribution < 1.29 is 14.3 Å². The number of aromatic nitrogens is 1. The van der Waals surface area contributed by atoms with Gasteiger partial charge in [0.25, 0.3) is 0 Å². The number of ketones is 1. The number of fused-ring (bicyclic) bond motifs is 3. The number of halogens is 1. The molecule has 108 valence electrons. The van der Waals surface area contributed by atoms with Crippen molar-refractivity contribution in [1.82, 2.24) is 4.57 Å². The minimum absolute atomic E-state index is 0.0467. The Hall–Kier alpha value is -0.890. The maximum Gasteiger partial charge on any atom is 0.237 e. The van der Waals surface area contributed by atoms with Crippen LogP contribution < -0.4 is 10.2 Å². The quantitative estimate of drug-likeness (QED) is 0.689. The molecule has 6 heteroatoms. The zero-order valence-electron chi connectivity index (χ0n) is 11.6. The number of Topliss-reactive ketones (excluding diaryl/α,β-unsaturated/α-hetero) is 1. The molecular weight excluding hydrogens is 373 g/mol. The first-order valence-electron chi connectivity index (χ1n) is 6.50. The van der Waals surface area contributed by atoms with Crippen LogP contribution in [0.2, 0.25) is 0 Å². The molecule has 0 aliphatic carbocycles. The van der Waals surface area contributed by atoms with Crippen LogP contribution in [0, 0.1) is 14.9 Å². The normalized spacial score (nSPS) is 27.1. The topological polar surface area (TPSA) is 57.5 Å². The summed E-state index contributed by atoms with van der Waals surface area (Å²) in [5.74, 6) is 0.237. The highest BCUT2D eigenvalue weighted by molar-refractivity contribution is 14.1. The van der Waals surface area contributed by atoms with Gasteiger partial charge in [0.2, 0.25) is 5.43 Å². The lowest BCUT2D eigenvalue weighted by atomic mass is 9.69. The second-order valence-corrected chi connectivity index (χ2v) is 7.02. The zero-order chi connectivity index (χ0) is 14.7. The highest BCUT2D eigenvalue weighted by Gasteiger charge is 2.51. The molecule has 1 fully saturated rings. The van der Waals surface area contributed by atoms with Gasteiger partial charge in [-0.05, 0) is 22.6 Å². The molecule has 1 saturated heterocycles. The summed E-state index contributed by atoms with van der Waals surface area (Å²) in [6, 6.07) is 0.0840. The van der Waals surface area contributed by atoms with Gasteiger partial charge in [-0.3, -0.25) is 9.59 Å². The van der Waals surface area contributed by atoms with E-state index < -0.39 is 5.41 Å². The third-order valence-electron chi connectivity index (χ3n) is 4.49. The Morgan fingerprint density at radius 3 is 2.75 bits per heavy atom. The fraction of sp³-hybridized carbons (Fsp3) is 0.571. The number of hydrogen-bond acceptors (Lipinski definition) is 4. The standard InChI is InChI=1S/C14H16INO4/c1-14(2)7-5-20-6-9(7)16-4-8(15)11(17)12(19-3)10(16)13(14)18/h4,7,9H,5-6H2,1-3H3/t7-,9+/m0/s1. The van der Waals surface area contributed by atoms with E-state index in [-0.39, 0.29) is 28.9 Å². The zero-order valence-corrected chi connectivity index (χ0v) is 13.8. The van der Waals surface area contributed by atoms with Gasteiger partial charge in [-0.1, -0.05) is 13.8 Å². The number of carbonyl (C=O) groups is 1. The van der Waals surface area contributed by atoms with E-state index in [1.54, 1.807) is 6.20 Å². The van der Waals surface area contributed by atoms with Gasteiger partial charge in [0.15, 0.2) is 11.5 Å². The number of hydrogen-bond donors (Lipinski definition) is 0. The molecule has 0 bridgehead atoms. The molecule has 1 aromatic rings. The molecule has 2 atom stereocenters. The largest absolute Gasteiger partial charge is 0.491 e. The Morgan fingerprint density at radius 2 is 2.10 bits per heavy atom. The predicted molar refractivity (Wildman–Crippen MR) is 81.4 cm³/mol. The summed E-state index contributed by atoms with van der Waals surface area (Å²) in [5.41, 5.74) is -0.385. The SMILES string of the molecule is COc1c2n(cc(I)c1=O)[C@@H]1COC[C@@H]1C(C)(C)C2=O. The van der Waals surface area contributed by atoms with Crippen molar-refractivity contribution in [1.29, 1.82) is 0 Å². The molecule has 0 aromatic carbocycles. The summed E-state index contributed by atoms with van der Waals surface area (Å²) in [4.78, 5) is 25.0. The molecule has 0 saturated carbocycles. The second-order valence-electron chi connectivity index (χ2n) is 5.86. The number of carbonyl (C=O) groups excluding carboxylic acids is 1. The minimum Gasteiger partial charge on any atom is -0.491 e. The van der Waals surface area contributed by atoms with Gasteiger partial charge in [-0.25, -0.2) is 0 Å². The smallest absolute Gasteiger partial charge is 0.237 e. The summed E-state index contributed by atoms with van der Waals surface area (Å²) in [6.07, 6.45) is 1.75. The number of rotatable bonds is 1. The van der Waals surface area contributed by atoms with Gasteiger partial charge >= 0.3 is 0 Å².